The number of hydrogen-bond acceptors (Lipinski definition) is 2. The molecule has 3 aromatic rings. The highest BCUT2D eigenvalue weighted by atomic mass is 35.5. The molecule has 0 aromatic heterocycles. The zero-order valence-electron chi connectivity index (χ0n) is 12.3. The van der Waals surface area contributed by atoms with E-state index >= 15 is 0 Å². The third kappa shape index (κ3) is 3.63. The van der Waals surface area contributed by atoms with Crippen molar-refractivity contribution in [2.75, 3.05) is 0 Å². The number of aliphatic carboxylic acids is 1. The summed E-state index contributed by atoms with van der Waals surface area (Å²) in [5.74, 6) is -0.553. The highest BCUT2D eigenvalue weighted by Crippen LogP contribution is 2.23. The summed E-state index contributed by atoms with van der Waals surface area (Å²) in [4.78, 5) is 11.6. The summed E-state index contributed by atoms with van der Waals surface area (Å²) in [6, 6.07) is 20.5. The van der Waals surface area contributed by atoms with Gasteiger partial charge in [-0.25, -0.2) is 4.79 Å². The molecule has 0 saturated heterocycles. The molecule has 0 unspecified atom stereocenters. The van der Waals surface area contributed by atoms with E-state index < -0.39 is 12.1 Å². The number of carbonyl (C=O) groups is 1. The van der Waals surface area contributed by atoms with Crippen LogP contribution < -0.4 is 4.74 Å². The normalized spacial score (nSPS) is 12.0. The van der Waals surface area contributed by atoms with Gasteiger partial charge in [0, 0.05) is 11.4 Å². The highest BCUT2D eigenvalue weighted by Gasteiger charge is 2.21. The van der Waals surface area contributed by atoms with Crippen LogP contribution >= 0.6 is 11.6 Å². The number of benzene rings is 3. The molecule has 0 amide bonds. The Kier molecular flexibility index (Phi) is 4.49. The number of fused-ring (bicyclic) bond motifs is 1. The van der Waals surface area contributed by atoms with Crippen LogP contribution in [0.5, 0.6) is 5.75 Å². The van der Waals surface area contributed by atoms with Crippen molar-refractivity contribution in [1.82, 2.24) is 0 Å². The average molecular weight is 327 g/mol. The lowest BCUT2D eigenvalue weighted by Crippen LogP contribution is -2.29. The summed E-state index contributed by atoms with van der Waals surface area (Å²) in [5.41, 5.74) is 0.942. The molecule has 3 aromatic carbocycles. The lowest BCUT2D eigenvalue weighted by Gasteiger charge is -2.16. The molecule has 0 heterocycles. The second-order valence-corrected chi connectivity index (χ2v) is 5.68. The SMILES string of the molecule is O=C(O)[C@H](Cc1cccc2ccccc12)Oc1cccc(Cl)c1. The van der Waals surface area contributed by atoms with E-state index in [4.69, 9.17) is 16.3 Å². The number of halogens is 1. The van der Waals surface area contributed by atoms with Gasteiger partial charge < -0.3 is 9.84 Å². The van der Waals surface area contributed by atoms with Gasteiger partial charge in [-0.1, -0.05) is 60.1 Å². The molecule has 1 N–H and O–H groups in total. The fraction of sp³-hybridized carbons (Fsp3) is 0.105. The minimum atomic E-state index is -1.00. The molecule has 0 aliphatic carbocycles. The van der Waals surface area contributed by atoms with Crippen molar-refractivity contribution in [3.05, 3.63) is 77.3 Å². The van der Waals surface area contributed by atoms with Crippen LogP contribution in [0.15, 0.2) is 66.7 Å². The minimum absolute atomic E-state index is 0.281. The lowest BCUT2D eigenvalue weighted by atomic mass is 10.00. The van der Waals surface area contributed by atoms with Gasteiger partial charge in [0.25, 0.3) is 0 Å². The van der Waals surface area contributed by atoms with Crippen LogP contribution in [-0.2, 0) is 11.2 Å². The van der Waals surface area contributed by atoms with E-state index in [9.17, 15) is 9.90 Å². The lowest BCUT2D eigenvalue weighted by molar-refractivity contribution is -0.145. The van der Waals surface area contributed by atoms with Gasteiger partial charge >= 0.3 is 5.97 Å². The Morgan fingerprint density at radius 3 is 2.57 bits per heavy atom. The molecule has 116 valence electrons. The van der Waals surface area contributed by atoms with Gasteiger partial charge in [0.15, 0.2) is 6.10 Å². The molecule has 0 radical (unpaired) electrons. The van der Waals surface area contributed by atoms with E-state index in [0.717, 1.165) is 16.3 Å². The average Bonchev–Trinajstić information content (AvgIpc) is 2.54. The number of rotatable bonds is 5. The van der Waals surface area contributed by atoms with Gasteiger partial charge in [-0.3, -0.25) is 0 Å². The molecule has 0 aliphatic heterocycles. The maximum absolute atomic E-state index is 11.6. The number of ether oxygens (including phenoxy) is 1. The van der Waals surface area contributed by atoms with Crippen molar-refractivity contribution in [1.29, 1.82) is 0 Å². The van der Waals surface area contributed by atoms with Crippen molar-refractivity contribution in [3.8, 4) is 5.75 Å². The molecule has 0 saturated carbocycles. The van der Waals surface area contributed by atoms with E-state index in [-0.39, 0.29) is 6.42 Å². The van der Waals surface area contributed by atoms with E-state index in [1.54, 1.807) is 24.3 Å². The van der Waals surface area contributed by atoms with Crippen molar-refractivity contribution in [2.24, 2.45) is 0 Å². The molecule has 4 heteroatoms. The van der Waals surface area contributed by atoms with Crippen LogP contribution in [0.4, 0.5) is 0 Å². The fourth-order valence-corrected chi connectivity index (χ4v) is 2.73. The van der Waals surface area contributed by atoms with E-state index in [0.29, 0.717) is 10.8 Å². The van der Waals surface area contributed by atoms with Gasteiger partial charge in [0.2, 0.25) is 0 Å². The molecule has 3 rings (SSSR count). The Morgan fingerprint density at radius 2 is 1.78 bits per heavy atom. The zero-order valence-corrected chi connectivity index (χ0v) is 13.0. The predicted molar refractivity (Wildman–Crippen MR) is 91.2 cm³/mol. The van der Waals surface area contributed by atoms with Crippen LogP contribution in [-0.4, -0.2) is 17.2 Å². The third-order valence-electron chi connectivity index (χ3n) is 3.64. The van der Waals surface area contributed by atoms with E-state index in [1.165, 1.54) is 0 Å². The second kappa shape index (κ2) is 6.71. The molecule has 0 bridgehead atoms. The van der Waals surface area contributed by atoms with Gasteiger partial charge in [-0.2, -0.15) is 0 Å². The van der Waals surface area contributed by atoms with Crippen LogP contribution in [0.3, 0.4) is 0 Å². The maximum atomic E-state index is 11.6. The Bertz CT molecular complexity index is 839. The van der Waals surface area contributed by atoms with Crippen molar-refractivity contribution < 1.29 is 14.6 Å². The number of carboxylic acid groups (broad SMARTS) is 1. The summed E-state index contributed by atoms with van der Waals surface area (Å²) in [5, 5.41) is 12.1. The first-order chi connectivity index (χ1) is 11.1. The van der Waals surface area contributed by atoms with Gasteiger partial charge in [0.05, 0.1) is 0 Å². The van der Waals surface area contributed by atoms with Crippen LogP contribution in [0.2, 0.25) is 5.02 Å². The Hall–Kier alpha value is -2.52. The first-order valence-corrected chi connectivity index (χ1v) is 7.63. The van der Waals surface area contributed by atoms with E-state index in [1.807, 2.05) is 42.5 Å². The first kappa shape index (κ1) is 15.4. The van der Waals surface area contributed by atoms with Crippen LogP contribution in [0.1, 0.15) is 5.56 Å². The molecule has 0 fully saturated rings. The molecular formula is C19H15ClO3. The summed E-state index contributed by atoms with van der Waals surface area (Å²) in [6.45, 7) is 0. The Balaban J connectivity index is 1.88. The van der Waals surface area contributed by atoms with Crippen molar-refractivity contribution in [3.63, 3.8) is 0 Å². The smallest absolute Gasteiger partial charge is 0.345 e. The maximum Gasteiger partial charge on any atom is 0.345 e. The quantitative estimate of drug-likeness (QED) is 0.747. The summed E-state index contributed by atoms with van der Waals surface area (Å²) < 4.78 is 5.63. The molecular weight excluding hydrogens is 312 g/mol. The second-order valence-electron chi connectivity index (χ2n) is 5.24. The standard InChI is InChI=1S/C19H15ClO3/c20-15-8-4-9-16(12-15)23-18(19(21)22)11-14-7-3-6-13-5-1-2-10-17(13)14/h1-10,12,18H,11H2,(H,21,22)/t18-/m0/s1. The first-order valence-electron chi connectivity index (χ1n) is 7.25. The zero-order chi connectivity index (χ0) is 16.2. The van der Waals surface area contributed by atoms with Crippen LogP contribution in [0.25, 0.3) is 10.8 Å². The molecule has 0 spiro atoms. The topological polar surface area (TPSA) is 46.5 Å². The van der Waals surface area contributed by atoms with Gasteiger partial charge in [-0.05, 0) is 34.5 Å². The highest BCUT2D eigenvalue weighted by molar-refractivity contribution is 6.30. The van der Waals surface area contributed by atoms with E-state index in [2.05, 4.69) is 0 Å². The monoisotopic (exact) mass is 326 g/mol. The van der Waals surface area contributed by atoms with Crippen molar-refractivity contribution in [2.45, 2.75) is 12.5 Å². The van der Waals surface area contributed by atoms with Gasteiger partial charge in [-0.15, -0.1) is 0 Å². The van der Waals surface area contributed by atoms with Crippen molar-refractivity contribution >= 4 is 28.3 Å². The number of hydrogen-bond donors (Lipinski definition) is 1. The summed E-state index contributed by atoms with van der Waals surface area (Å²) >= 11 is 5.92. The Morgan fingerprint density at radius 1 is 1.04 bits per heavy atom. The van der Waals surface area contributed by atoms with Crippen LogP contribution in [0, 0.1) is 0 Å². The Labute approximate surface area is 139 Å². The molecule has 3 nitrogen and oxygen atoms in total. The fourth-order valence-electron chi connectivity index (χ4n) is 2.55. The number of carboxylic acids is 1. The largest absolute Gasteiger partial charge is 0.478 e. The molecule has 1 atom stereocenters. The summed E-state index contributed by atoms with van der Waals surface area (Å²) in [7, 11) is 0. The minimum Gasteiger partial charge on any atom is -0.478 e. The molecule has 23 heavy (non-hydrogen) atoms. The predicted octanol–water partition coefficient (Wildman–Crippen LogP) is 4.57. The summed E-state index contributed by atoms with van der Waals surface area (Å²) in [6.07, 6.45) is -0.692. The van der Waals surface area contributed by atoms with Gasteiger partial charge in [0.1, 0.15) is 5.75 Å². The third-order valence-corrected chi connectivity index (χ3v) is 3.87. The molecule has 0 aliphatic rings.